The van der Waals surface area contributed by atoms with E-state index in [1.54, 1.807) is 13.2 Å². The Labute approximate surface area is 101 Å². The summed E-state index contributed by atoms with van der Waals surface area (Å²) in [6.45, 7) is 3.48. The van der Waals surface area contributed by atoms with Crippen LogP contribution in [0.3, 0.4) is 0 Å². The molecule has 2 rings (SSSR count). The van der Waals surface area contributed by atoms with Gasteiger partial charge in [0.15, 0.2) is 5.76 Å². The monoisotopic (exact) mass is 238 g/mol. The number of carbonyl (C=O) groups excluding carboxylic acids is 1. The Morgan fingerprint density at radius 1 is 1.59 bits per heavy atom. The van der Waals surface area contributed by atoms with Crippen molar-refractivity contribution in [2.45, 2.75) is 25.5 Å². The van der Waals surface area contributed by atoms with Gasteiger partial charge in [0.25, 0.3) is 5.91 Å². The molecule has 94 valence electrons. The van der Waals surface area contributed by atoms with Crippen LogP contribution in [0.15, 0.2) is 16.5 Å². The van der Waals surface area contributed by atoms with Crippen LogP contribution in [-0.2, 0) is 11.2 Å². The zero-order valence-corrected chi connectivity index (χ0v) is 10.2. The van der Waals surface area contributed by atoms with Crippen LogP contribution < -0.4 is 10.6 Å². The van der Waals surface area contributed by atoms with Crippen LogP contribution in [0.25, 0.3) is 0 Å². The van der Waals surface area contributed by atoms with Crippen molar-refractivity contribution in [3.8, 4) is 0 Å². The summed E-state index contributed by atoms with van der Waals surface area (Å²) in [7, 11) is 1.65. The summed E-state index contributed by atoms with van der Waals surface area (Å²) < 4.78 is 10.7. The number of methoxy groups -OCH3 is 1. The Bertz CT molecular complexity index is 389. The van der Waals surface area contributed by atoms with E-state index in [2.05, 4.69) is 10.6 Å². The molecular formula is C12H18N2O3. The molecule has 2 N–H and O–H groups in total. The molecule has 5 heteroatoms. The lowest BCUT2D eigenvalue weighted by atomic mass is 10.2. The summed E-state index contributed by atoms with van der Waals surface area (Å²) in [6, 6.07) is 3.54. The van der Waals surface area contributed by atoms with E-state index < -0.39 is 0 Å². The van der Waals surface area contributed by atoms with Crippen LogP contribution in [-0.4, -0.2) is 38.3 Å². The fourth-order valence-corrected chi connectivity index (χ4v) is 1.98. The normalized spacial score (nSPS) is 23.9. The largest absolute Gasteiger partial charge is 0.456 e. The first-order chi connectivity index (χ1) is 8.24. The molecule has 0 saturated carbocycles. The first kappa shape index (κ1) is 12.1. The molecule has 1 aliphatic heterocycles. The first-order valence-electron chi connectivity index (χ1n) is 5.87. The van der Waals surface area contributed by atoms with Crippen molar-refractivity contribution in [1.29, 1.82) is 0 Å². The number of furan rings is 1. The SMILES string of the molecule is CCc1ccc(C(=O)N[C@@H]2CNC[C@@H]2OC)o1. The zero-order chi connectivity index (χ0) is 12.3. The number of hydrogen-bond acceptors (Lipinski definition) is 4. The Balaban J connectivity index is 1.96. The van der Waals surface area contributed by atoms with Crippen molar-refractivity contribution in [1.82, 2.24) is 10.6 Å². The maximum atomic E-state index is 11.9. The van der Waals surface area contributed by atoms with E-state index in [-0.39, 0.29) is 18.1 Å². The number of carbonyl (C=O) groups is 1. The van der Waals surface area contributed by atoms with Gasteiger partial charge in [0.2, 0.25) is 0 Å². The molecule has 1 aromatic rings. The van der Waals surface area contributed by atoms with Crippen molar-refractivity contribution in [2.24, 2.45) is 0 Å². The Morgan fingerprint density at radius 2 is 2.41 bits per heavy atom. The smallest absolute Gasteiger partial charge is 0.287 e. The van der Waals surface area contributed by atoms with E-state index in [0.29, 0.717) is 5.76 Å². The highest BCUT2D eigenvalue weighted by Crippen LogP contribution is 2.10. The Morgan fingerprint density at radius 3 is 3.06 bits per heavy atom. The van der Waals surface area contributed by atoms with E-state index in [1.165, 1.54) is 0 Å². The van der Waals surface area contributed by atoms with Gasteiger partial charge in [-0.2, -0.15) is 0 Å². The maximum Gasteiger partial charge on any atom is 0.287 e. The van der Waals surface area contributed by atoms with Gasteiger partial charge < -0.3 is 19.8 Å². The van der Waals surface area contributed by atoms with Crippen LogP contribution in [0.1, 0.15) is 23.2 Å². The molecule has 0 bridgehead atoms. The maximum absolute atomic E-state index is 11.9. The molecular weight excluding hydrogens is 220 g/mol. The summed E-state index contributed by atoms with van der Waals surface area (Å²) >= 11 is 0. The van der Waals surface area contributed by atoms with E-state index >= 15 is 0 Å². The molecule has 2 heterocycles. The van der Waals surface area contributed by atoms with Gasteiger partial charge in [-0.05, 0) is 12.1 Å². The Kier molecular flexibility index (Phi) is 3.81. The highest BCUT2D eigenvalue weighted by Gasteiger charge is 2.29. The fourth-order valence-electron chi connectivity index (χ4n) is 1.98. The van der Waals surface area contributed by atoms with Crippen molar-refractivity contribution in [2.75, 3.05) is 20.2 Å². The standard InChI is InChI=1S/C12H18N2O3/c1-3-8-4-5-10(17-8)12(15)14-9-6-13-7-11(9)16-2/h4-5,9,11,13H,3,6-7H2,1-2H3,(H,14,15)/t9-,11+/m1/s1. The molecule has 1 aliphatic rings. The van der Waals surface area contributed by atoms with Crippen LogP contribution in [0, 0.1) is 0 Å². The van der Waals surface area contributed by atoms with Gasteiger partial charge in [0, 0.05) is 26.6 Å². The number of aryl methyl sites for hydroxylation is 1. The highest BCUT2D eigenvalue weighted by atomic mass is 16.5. The average Bonchev–Trinajstić information content (AvgIpc) is 2.96. The third-order valence-corrected chi connectivity index (χ3v) is 3.01. The third kappa shape index (κ3) is 2.68. The van der Waals surface area contributed by atoms with Gasteiger partial charge in [0.1, 0.15) is 5.76 Å². The van der Waals surface area contributed by atoms with Gasteiger partial charge in [-0.25, -0.2) is 0 Å². The van der Waals surface area contributed by atoms with Gasteiger partial charge in [0.05, 0.1) is 12.1 Å². The minimum Gasteiger partial charge on any atom is -0.456 e. The predicted molar refractivity (Wildman–Crippen MR) is 63.0 cm³/mol. The molecule has 0 aliphatic carbocycles. The quantitative estimate of drug-likeness (QED) is 0.804. The second-order valence-electron chi connectivity index (χ2n) is 4.13. The van der Waals surface area contributed by atoms with Crippen LogP contribution in [0.2, 0.25) is 0 Å². The van der Waals surface area contributed by atoms with E-state index in [9.17, 15) is 4.79 Å². The Hall–Kier alpha value is -1.33. The number of amides is 1. The summed E-state index contributed by atoms with van der Waals surface area (Å²) in [4.78, 5) is 11.9. The van der Waals surface area contributed by atoms with Crippen molar-refractivity contribution in [3.63, 3.8) is 0 Å². The second-order valence-corrected chi connectivity index (χ2v) is 4.13. The highest BCUT2D eigenvalue weighted by molar-refractivity contribution is 5.91. The number of rotatable bonds is 4. The van der Waals surface area contributed by atoms with Crippen molar-refractivity contribution < 1.29 is 13.9 Å². The molecule has 17 heavy (non-hydrogen) atoms. The summed E-state index contributed by atoms with van der Waals surface area (Å²) in [5, 5.41) is 6.09. The van der Waals surface area contributed by atoms with Gasteiger partial charge >= 0.3 is 0 Å². The molecule has 0 unspecified atom stereocenters. The molecule has 5 nitrogen and oxygen atoms in total. The van der Waals surface area contributed by atoms with Crippen molar-refractivity contribution >= 4 is 5.91 Å². The van der Waals surface area contributed by atoms with Crippen LogP contribution >= 0.6 is 0 Å². The second kappa shape index (κ2) is 5.33. The molecule has 2 atom stereocenters. The number of ether oxygens (including phenoxy) is 1. The molecule has 1 aromatic heterocycles. The lowest BCUT2D eigenvalue weighted by molar-refractivity contribution is 0.0759. The lowest BCUT2D eigenvalue weighted by Gasteiger charge is -2.17. The van der Waals surface area contributed by atoms with Crippen LogP contribution in [0.4, 0.5) is 0 Å². The average molecular weight is 238 g/mol. The topological polar surface area (TPSA) is 63.5 Å². The van der Waals surface area contributed by atoms with Gasteiger partial charge in [-0.1, -0.05) is 6.92 Å². The minimum atomic E-state index is -0.180. The van der Waals surface area contributed by atoms with E-state index in [1.807, 2.05) is 13.0 Å². The van der Waals surface area contributed by atoms with Crippen LogP contribution in [0.5, 0.6) is 0 Å². The number of hydrogen-bond donors (Lipinski definition) is 2. The third-order valence-electron chi connectivity index (χ3n) is 3.01. The summed E-state index contributed by atoms with van der Waals surface area (Å²) in [5.41, 5.74) is 0. The molecule has 0 radical (unpaired) electrons. The summed E-state index contributed by atoms with van der Waals surface area (Å²) in [5.74, 6) is 1.01. The molecule has 0 aromatic carbocycles. The van der Waals surface area contributed by atoms with E-state index in [0.717, 1.165) is 25.3 Å². The van der Waals surface area contributed by atoms with Gasteiger partial charge in [-0.3, -0.25) is 4.79 Å². The predicted octanol–water partition coefficient (Wildman–Crippen LogP) is 0.559. The van der Waals surface area contributed by atoms with E-state index in [4.69, 9.17) is 9.15 Å². The van der Waals surface area contributed by atoms with Gasteiger partial charge in [-0.15, -0.1) is 0 Å². The van der Waals surface area contributed by atoms with Crippen molar-refractivity contribution in [3.05, 3.63) is 23.7 Å². The lowest BCUT2D eigenvalue weighted by Crippen LogP contribution is -2.43. The fraction of sp³-hybridized carbons (Fsp3) is 0.583. The first-order valence-corrected chi connectivity index (χ1v) is 5.87. The molecule has 1 amide bonds. The number of nitrogens with one attached hydrogen (secondary N) is 2. The summed E-state index contributed by atoms with van der Waals surface area (Å²) in [6.07, 6.45) is 0.818. The minimum absolute atomic E-state index is 0.00248. The zero-order valence-electron chi connectivity index (χ0n) is 10.2. The molecule has 1 fully saturated rings. The molecule has 0 spiro atoms. The molecule has 1 saturated heterocycles.